The Morgan fingerprint density at radius 2 is 2.06 bits per heavy atom. The third-order valence-corrected chi connectivity index (χ3v) is 3.97. The van der Waals surface area contributed by atoms with Gasteiger partial charge in [-0.25, -0.2) is 0 Å². The molecule has 1 aromatic rings. The van der Waals surface area contributed by atoms with Crippen LogP contribution >= 0.6 is 0 Å². The molecule has 1 aliphatic carbocycles. The molecule has 0 saturated heterocycles. The molecule has 0 amide bonds. The molecule has 2 N–H and O–H groups in total. The predicted molar refractivity (Wildman–Crippen MR) is 76.4 cm³/mol. The molecule has 0 spiro atoms. The van der Waals surface area contributed by atoms with E-state index in [2.05, 4.69) is 29.7 Å². The van der Waals surface area contributed by atoms with Crippen molar-refractivity contribution < 1.29 is 4.74 Å². The standard InChI is InChI=1S/C15H24N2O/c1-12-5-6-14(18-3)13(9-12)17-11-15(10-16-2)7-4-8-15/h5-6,9,16-17H,4,7-8,10-11H2,1-3H3. The van der Waals surface area contributed by atoms with Gasteiger partial charge in [0.25, 0.3) is 0 Å². The van der Waals surface area contributed by atoms with Gasteiger partial charge < -0.3 is 15.4 Å². The Bertz CT molecular complexity index is 399. The zero-order valence-corrected chi connectivity index (χ0v) is 11.7. The number of aryl methyl sites for hydroxylation is 1. The first-order valence-electron chi connectivity index (χ1n) is 6.72. The zero-order valence-electron chi connectivity index (χ0n) is 11.7. The summed E-state index contributed by atoms with van der Waals surface area (Å²) in [7, 11) is 3.76. The first kappa shape index (κ1) is 13.2. The number of hydrogen-bond donors (Lipinski definition) is 2. The smallest absolute Gasteiger partial charge is 0.141 e. The lowest BCUT2D eigenvalue weighted by molar-refractivity contribution is 0.151. The van der Waals surface area contributed by atoms with Crippen LogP contribution in [0.2, 0.25) is 0 Å². The quantitative estimate of drug-likeness (QED) is 0.812. The second-order valence-corrected chi connectivity index (χ2v) is 5.44. The fraction of sp³-hybridized carbons (Fsp3) is 0.600. The first-order valence-corrected chi connectivity index (χ1v) is 6.72. The van der Waals surface area contributed by atoms with Crippen LogP contribution in [0.5, 0.6) is 5.75 Å². The maximum Gasteiger partial charge on any atom is 0.141 e. The number of ether oxygens (including phenoxy) is 1. The average molecular weight is 248 g/mol. The van der Waals surface area contributed by atoms with Crippen molar-refractivity contribution in [3.8, 4) is 5.75 Å². The van der Waals surface area contributed by atoms with Gasteiger partial charge in [-0.2, -0.15) is 0 Å². The molecule has 2 rings (SSSR count). The van der Waals surface area contributed by atoms with Gasteiger partial charge in [0.05, 0.1) is 12.8 Å². The number of methoxy groups -OCH3 is 1. The van der Waals surface area contributed by atoms with Crippen LogP contribution in [0.15, 0.2) is 18.2 Å². The number of hydrogen-bond acceptors (Lipinski definition) is 3. The van der Waals surface area contributed by atoms with E-state index >= 15 is 0 Å². The van der Waals surface area contributed by atoms with Gasteiger partial charge in [-0.15, -0.1) is 0 Å². The van der Waals surface area contributed by atoms with E-state index in [0.717, 1.165) is 24.5 Å². The summed E-state index contributed by atoms with van der Waals surface area (Å²) in [6.07, 6.45) is 3.98. The van der Waals surface area contributed by atoms with Crippen LogP contribution in [-0.4, -0.2) is 27.2 Å². The summed E-state index contributed by atoms with van der Waals surface area (Å²) in [5.41, 5.74) is 2.80. The van der Waals surface area contributed by atoms with Gasteiger partial charge in [-0.1, -0.05) is 12.5 Å². The Labute approximate surface area is 110 Å². The largest absolute Gasteiger partial charge is 0.495 e. The highest BCUT2D eigenvalue weighted by atomic mass is 16.5. The maximum atomic E-state index is 5.40. The van der Waals surface area contributed by atoms with Gasteiger partial charge in [0, 0.05) is 18.5 Å². The van der Waals surface area contributed by atoms with Crippen LogP contribution < -0.4 is 15.4 Å². The molecule has 18 heavy (non-hydrogen) atoms. The lowest BCUT2D eigenvalue weighted by Crippen LogP contribution is -2.44. The fourth-order valence-electron chi connectivity index (χ4n) is 2.71. The summed E-state index contributed by atoms with van der Waals surface area (Å²) in [6.45, 7) is 4.22. The minimum Gasteiger partial charge on any atom is -0.495 e. The molecular weight excluding hydrogens is 224 g/mol. The molecule has 0 heterocycles. The second kappa shape index (κ2) is 5.61. The van der Waals surface area contributed by atoms with Crippen molar-refractivity contribution >= 4 is 5.69 Å². The topological polar surface area (TPSA) is 33.3 Å². The average Bonchev–Trinajstić information content (AvgIpc) is 2.32. The molecule has 3 nitrogen and oxygen atoms in total. The molecule has 1 aliphatic rings. The molecule has 0 radical (unpaired) electrons. The number of rotatable bonds is 6. The third kappa shape index (κ3) is 2.78. The van der Waals surface area contributed by atoms with E-state index in [9.17, 15) is 0 Å². The van der Waals surface area contributed by atoms with Crippen LogP contribution in [0.4, 0.5) is 5.69 Å². The molecule has 100 valence electrons. The highest BCUT2D eigenvalue weighted by molar-refractivity contribution is 5.58. The van der Waals surface area contributed by atoms with Gasteiger partial charge in [-0.3, -0.25) is 0 Å². The molecule has 0 atom stereocenters. The Kier molecular flexibility index (Phi) is 4.12. The van der Waals surface area contributed by atoms with E-state index in [-0.39, 0.29) is 0 Å². The highest BCUT2D eigenvalue weighted by Gasteiger charge is 2.36. The Balaban J connectivity index is 2.02. The molecule has 1 aromatic carbocycles. The van der Waals surface area contributed by atoms with Crippen LogP contribution in [0.25, 0.3) is 0 Å². The lowest BCUT2D eigenvalue weighted by atomic mass is 9.68. The zero-order chi connectivity index (χ0) is 13.0. The van der Waals surface area contributed by atoms with Crippen molar-refractivity contribution in [3.63, 3.8) is 0 Å². The molecule has 0 unspecified atom stereocenters. The summed E-state index contributed by atoms with van der Waals surface area (Å²) in [5.74, 6) is 0.930. The van der Waals surface area contributed by atoms with Crippen LogP contribution in [0.1, 0.15) is 24.8 Å². The summed E-state index contributed by atoms with van der Waals surface area (Å²) < 4.78 is 5.40. The van der Waals surface area contributed by atoms with Gasteiger partial charge >= 0.3 is 0 Å². The molecular formula is C15H24N2O. The highest BCUT2D eigenvalue weighted by Crippen LogP contribution is 2.41. The Morgan fingerprint density at radius 1 is 1.28 bits per heavy atom. The van der Waals surface area contributed by atoms with E-state index in [0.29, 0.717) is 5.41 Å². The van der Waals surface area contributed by atoms with Gasteiger partial charge in [0.1, 0.15) is 5.75 Å². The summed E-state index contributed by atoms with van der Waals surface area (Å²) >= 11 is 0. The predicted octanol–water partition coefficient (Wildman–Crippen LogP) is 2.81. The van der Waals surface area contributed by atoms with Crippen LogP contribution in [-0.2, 0) is 0 Å². The first-order chi connectivity index (χ1) is 8.69. The molecule has 0 aliphatic heterocycles. The van der Waals surface area contributed by atoms with Gasteiger partial charge in [-0.05, 0) is 44.5 Å². The van der Waals surface area contributed by atoms with E-state index in [1.165, 1.54) is 24.8 Å². The van der Waals surface area contributed by atoms with Crippen LogP contribution in [0, 0.1) is 12.3 Å². The van der Waals surface area contributed by atoms with Gasteiger partial charge in [0.2, 0.25) is 0 Å². The van der Waals surface area contributed by atoms with Crippen molar-refractivity contribution in [1.29, 1.82) is 0 Å². The van der Waals surface area contributed by atoms with Crippen molar-refractivity contribution in [1.82, 2.24) is 5.32 Å². The molecule has 0 bridgehead atoms. The molecule has 0 aromatic heterocycles. The van der Waals surface area contributed by atoms with Crippen molar-refractivity contribution in [2.24, 2.45) is 5.41 Å². The monoisotopic (exact) mass is 248 g/mol. The number of nitrogens with one attached hydrogen (secondary N) is 2. The van der Waals surface area contributed by atoms with E-state index in [1.807, 2.05) is 13.1 Å². The third-order valence-electron chi connectivity index (χ3n) is 3.97. The fourth-order valence-corrected chi connectivity index (χ4v) is 2.71. The van der Waals surface area contributed by atoms with E-state index < -0.39 is 0 Å². The van der Waals surface area contributed by atoms with Gasteiger partial charge in [0.15, 0.2) is 0 Å². The number of anilines is 1. The summed E-state index contributed by atoms with van der Waals surface area (Å²) in [5, 5.41) is 6.88. The molecule has 1 saturated carbocycles. The molecule has 1 fully saturated rings. The second-order valence-electron chi connectivity index (χ2n) is 5.44. The van der Waals surface area contributed by atoms with E-state index in [1.54, 1.807) is 7.11 Å². The maximum absolute atomic E-state index is 5.40. The van der Waals surface area contributed by atoms with E-state index in [4.69, 9.17) is 4.74 Å². The summed E-state index contributed by atoms with van der Waals surface area (Å²) in [4.78, 5) is 0. The van der Waals surface area contributed by atoms with Crippen molar-refractivity contribution in [2.75, 3.05) is 32.6 Å². The Hall–Kier alpha value is -1.22. The van der Waals surface area contributed by atoms with Crippen molar-refractivity contribution in [2.45, 2.75) is 26.2 Å². The molecule has 3 heteroatoms. The lowest BCUT2D eigenvalue weighted by Gasteiger charge is -2.42. The van der Waals surface area contributed by atoms with Crippen LogP contribution in [0.3, 0.4) is 0 Å². The number of benzene rings is 1. The van der Waals surface area contributed by atoms with Crippen molar-refractivity contribution in [3.05, 3.63) is 23.8 Å². The Morgan fingerprint density at radius 3 is 2.61 bits per heavy atom. The summed E-state index contributed by atoms with van der Waals surface area (Å²) in [6, 6.07) is 6.27. The SMILES string of the molecule is CNCC1(CNc2cc(C)ccc2OC)CCC1. The minimum absolute atomic E-state index is 0.434. The minimum atomic E-state index is 0.434. The normalized spacial score (nSPS) is 17.1.